The third-order valence-electron chi connectivity index (χ3n) is 4.96. The molecule has 1 saturated heterocycles. The van der Waals surface area contributed by atoms with Gasteiger partial charge in [-0.25, -0.2) is 8.78 Å². The number of pyridine rings is 1. The Hall–Kier alpha value is -4.07. The number of Topliss-reactive ketones (excluding diaryl/α,β-unsaturated/α-hetero) is 1. The second-order valence-electron chi connectivity index (χ2n) is 6.78. The number of hydrogen-bond donors (Lipinski definition) is 1. The van der Waals surface area contributed by atoms with Crippen molar-refractivity contribution < 1.29 is 28.2 Å². The van der Waals surface area contributed by atoms with Gasteiger partial charge >= 0.3 is 0 Å². The van der Waals surface area contributed by atoms with Crippen molar-refractivity contribution in [2.75, 3.05) is 12.0 Å². The fraction of sp³-hybridized carbons (Fsp3) is 0.0870. The molecular formula is C23H16F2N2O4. The molecule has 1 atom stereocenters. The molecule has 1 aliphatic heterocycles. The number of ketones is 1. The first-order chi connectivity index (χ1) is 14.9. The van der Waals surface area contributed by atoms with E-state index in [0.29, 0.717) is 17.4 Å². The van der Waals surface area contributed by atoms with Crippen LogP contribution in [0.4, 0.5) is 14.5 Å². The number of carbonyl (C=O) groups excluding carboxylic acids is 2. The molecule has 1 N–H and O–H groups in total. The van der Waals surface area contributed by atoms with Crippen molar-refractivity contribution in [2.24, 2.45) is 0 Å². The Morgan fingerprint density at radius 1 is 1.10 bits per heavy atom. The summed E-state index contributed by atoms with van der Waals surface area (Å²) in [5.74, 6) is -3.91. The fourth-order valence-electron chi connectivity index (χ4n) is 3.54. The summed E-state index contributed by atoms with van der Waals surface area (Å²) >= 11 is 0. The molecule has 3 aromatic rings. The van der Waals surface area contributed by atoms with Crippen LogP contribution in [0, 0.1) is 11.6 Å². The van der Waals surface area contributed by atoms with Gasteiger partial charge in [0.05, 0.1) is 24.4 Å². The minimum Gasteiger partial charge on any atom is -0.507 e. The maximum absolute atomic E-state index is 14.6. The number of ether oxygens (including phenoxy) is 1. The number of carbonyl (C=O) groups is 2. The van der Waals surface area contributed by atoms with E-state index in [4.69, 9.17) is 4.74 Å². The monoisotopic (exact) mass is 422 g/mol. The first kappa shape index (κ1) is 20.2. The molecule has 1 aliphatic rings. The van der Waals surface area contributed by atoms with Crippen molar-refractivity contribution in [3.8, 4) is 5.75 Å². The van der Waals surface area contributed by atoms with Crippen LogP contribution in [0.5, 0.6) is 5.75 Å². The lowest BCUT2D eigenvalue weighted by molar-refractivity contribution is -0.132. The highest BCUT2D eigenvalue weighted by Gasteiger charge is 2.47. The summed E-state index contributed by atoms with van der Waals surface area (Å²) in [7, 11) is 1.45. The normalized spacial score (nSPS) is 17.8. The Bertz CT molecular complexity index is 1210. The van der Waals surface area contributed by atoms with Gasteiger partial charge in [0.25, 0.3) is 11.7 Å². The Balaban J connectivity index is 1.96. The predicted octanol–water partition coefficient (Wildman–Crippen LogP) is 3.99. The van der Waals surface area contributed by atoms with Gasteiger partial charge in [-0.1, -0.05) is 18.2 Å². The van der Waals surface area contributed by atoms with E-state index in [1.54, 1.807) is 30.3 Å². The van der Waals surface area contributed by atoms with Crippen LogP contribution in [0.2, 0.25) is 0 Å². The third-order valence-corrected chi connectivity index (χ3v) is 4.96. The van der Waals surface area contributed by atoms with Crippen molar-refractivity contribution in [3.63, 3.8) is 0 Å². The summed E-state index contributed by atoms with van der Waals surface area (Å²) in [5.41, 5.74) is 0.0812. The van der Waals surface area contributed by atoms with Gasteiger partial charge in [0.2, 0.25) is 0 Å². The largest absolute Gasteiger partial charge is 0.507 e. The van der Waals surface area contributed by atoms with Gasteiger partial charge in [0.1, 0.15) is 23.1 Å². The van der Waals surface area contributed by atoms with E-state index in [9.17, 15) is 23.5 Å². The Morgan fingerprint density at radius 2 is 1.90 bits per heavy atom. The van der Waals surface area contributed by atoms with Gasteiger partial charge in [-0.3, -0.25) is 19.5 Å². The van der Waals surface area contributed by atoms with Gasteiger partial charge in [-0.2, -0.15) is 0 Å². The van der Waals surface area contributed by atoms with Crippen molar-refractivity contribution >= 4 is 23.1 Å². The molecule has 1 fully saturated rings. The molecule has 8 heteroatoms. The van der Waals surface area contributed by atoms with Crippen LogP contribution in [0.1, 0.15) is 17.2 Å². The topological polar surface area (TPSA) is 79.7 Å². The number of amides is 1. The van der Waals surface area contributed by atoms with Crippen LogP contribution in [-0.4, -0.2) is 28.9 Å². The van der Waals surface area contributed by atoms with Gasteiger partial charge in [0.15, 0.2) is 0 Å². The number of rotatable bonds is 4. The zero-order chi connectivity index (χ0) is 22.1. The van der Waals surface area contributed by atoms with E-state index < -0.39 is 35.1 Å². The van der Waals surface area contributed by atoms with Crippen LogP contribution < -0.4 is 9.64 Å². The Morgan fingerprint density at radius 3 is 2.58 bits per heavy atom. The molecular weight excluding hydrogens is 406 g/mol. The lowest BCUT2D eigenvalue weighted by Gasteiger charge is -2.25. The van der Waals surface area contributed by atoms with Crippen LogP contribution in [-0.2, 0) is 9.59 Å². The van der Waals surface area contributed by atoms with Crippen molar-refractivity contribution in [1.29, 1.82) is 0 Å². The second kappa shape index (κ2) is 7.98. The van der Waals surface area contributed by atoms with Crippen molar-refractivity contribution in [3.05, 3.63) is 95.3 Å². The molecule has 0 saturated carbocycles. The van der Waals surface area contributed by atoms with Gasteiger partial charge in [-0.15, -0.1) is 0 Å². The summed E-state index contributed by atoms with van der Waals surface area (Å²) < 4.78 is 33.2. The summed E-state index contributed by atoms with van der Waals surface area (Å²) in [6.45, 7) is 0. The molecule has 2 heterocycles. The van der Waals surface area contributed by atoms with E-state index in [1.165, 1.54) is 25.6 Å². The summed E-state index contributed by atoms with van der Waals surface area (Å²) in [5, 5.41) is 11.0. The standard InChI is InChI=1S/C23H16F2N2O4/c1-31-16-6-2-4-13(10-16)21(28)19-20(14-5-3-9-26-12-14)27(23(30)22(19)29)18-8-7-15(24)11-17(18)25/h2-12,20,28H,1H3/b21-19+. The lowest BCUT2D eigenvalue weighted by atomic mass is 9.96. The molecule has 0 aliphatic carbocycles. The molecule has 156 valence electrons. The first-order valence-corrected chi connectivity index (χ1v) is 9.22. The lowest BCUT2D eigenvalue weighted by Crippen LogP contribution is -2.30. The van der Waals surface area contributed by atoms with Gasteiger partial charge in [-0.05, 0) is 35.9 Å². The molecule has 4 rings (SSSR count). The van der Waals surface area contributed by atoms with Crippen LogP contribution in [0.3, 0.4) is 0 Å². The van der Waals surface area contributed by atoms with Crippen molar-refractivity contribution in [1.82, 2.24) is 4.98 Å². The molecule has 2 aromatic carbocycles. The fourth-order valence-corrected chi connectivity index (χ4v) is 3.54. The third kappa shape index (κ3) is 3.52. The van der Waals surface area contributed by atoms with E-state index in [-0.39, 0.29) is 16.8 Å². The highest BCUT2D eigenvalue weighted by Crippen LogP contribution is 2.42. The maximum Gasteiger partial charge on any atom is 0.300 e. The van der Waals surface area contributed by atoms with Crippen molar-refractivity contribution in [2.45, 2.75) is 6.04 Å². The number of benzene rings is 2. The molecule has 31 heavy (non-hydrogen) atoms. The molecule has 0 radical (unpaired) electrons. The number of anilines is 1. The maximum atomic E-state index is 14.6. The van der Waals surface area contributed by atoms with Crippen LogP contribution in [0.25, 0.3) is 5.76 Å². The molecule has 1 unspecified atom stereocenters. The molecule has 0 bridgehead atoms. The summed E-state index contributed by atoms with van der Waals surface area (Å²) in [6, 6.07) is 11.0. The number of methoxy groups -OCH3 is 1. The quantitative estimate of drug-likeness (QED) is 0.391. The number of halogens is 2. The molecule has 0 spiro atoms. The van der Waals surface area contributed by atoms with Crippen LogP contribution in [0.15, 0.2) is 72.6 Å². The van der Waals surface area contributed by atoms with E-state index in [1.807, 2.05) is 0 Å². The number of aliphatic hydroxyl groups is 1. The zero-order valence-corrected chi connectivity index (χ0v) is 16.3. The van der Waals surface area contributed by atoms with Gasteiger partial charge < -0.3 is 9.84 Å². The van der Waals surface area contributed by atoms with Gasteiger partial charge in [0, 0.05) is 24.0 Å². The SMILES string of the molecule is COc1cccc(/C(O)=C2\C(=O)C(=O)N(c3ccc(F)cc3F)C2c2cccnc2)c1. The highest BCUT2D eigenvalue weighted by molar-refractivity contribution is 6.51. The number of aliphatic hydroxyl groups excluding tert-OH is 1. The number of hydrogen-bond acceptors (Lipinski definition) is 5. The zero-order valence-electron chi connectivity index (χ0n) is 16.3. The summed E-state index contributed by atoms with van der Waals surface area (Å²) in [6.07, 6.45) is 2.90. The number of aromatic nitrogens is 1. The molecule has 1 amide bonds. The molecule has 6 nitrogen and oxygen atoms in total. The second-order valence-corrected chi connectivity index (χ2v) is 6.78. The predicted molar refractivity (Wildman–Crippen MR) is 108 cm³/mol. The van der Waals surface area contributed by atoms with E-state index in [2.05, 4.69) is 4.98 Å². The Kier molecular flexibility index (Phi) is 5.21. The Labute approximate surface area is 176 Å². The highest BCUT2D eigenvalue weighted by atomic mass is 19.1. The van der Waals surface area contributed by atoms with Crippen LogP contribution >= 0.6 is 0 Å². The minimum absolute atomic E-state index is 0.241. The average molecular weight is 422 g/mol. The minimum atomic E-state index is -1.17. The number of nitrogens with zero attached hydrogens (tertiary/aromatic N) is 2. The molecule has 1 aromatic heterocycles. The average Bonchev–Trinajstić information content (AvgIpc) is 3.04. The smallest absolute Gasteiger partial charge is 0.300 e. The van der Waals surface area contributed by atoms with E-state index >= 15 is 0 Å². The van der Waals surface area contributed by atoms with E-state index in [0.717, 1.165) is 17.0 Å². The summed E-state index contributed by atoms with van der Waals surface area (Å²) in [4.78, 5) is 30.8. The first-order valence-electron chi connectivity index (χ1n) is 9.22.